The summed E-state index contributed by atoms with van der Waals surface area (Å²) in [5.74, 6) is 0.605. The van der Waals surface area contributed by atoms with E-state index in [1.54, 1.807) is 30.5 Å². The highest BCUT2D eigenvalue weighted by Crippen LogP contribution is 2.50. The number of nitrogens with one attached hydrogen (secondary N) is 1. The molecule has 3 heterocycles. The molecule has 4 rings (SSSR count). The third-order valence-corrected chi connectivity index (χ3v) is 6.04. The minimum Gasteiger partial charge on any atom is -0.426 e. The number of aliphatic hydroxyl groups is 1. The average molecular weight is 497 g/mol. The van der Waals surface area contributed by atoms with Crippen molar-refractivity contribution < 1.29 is 23.4 Å². The van der Waals surface area contributed by atoms with Crippen molar-refractivity contribution in [1.82, 2.24) is 9.55 Å². The van der Waals surface area contributed by atoms with Gasteiger partial charge >= 0.3 is 14.3 Å². The molecule has 2 aromatic rings. The van der Waals surface area contributed by atoms with Crippen LogP contribution in [0.3, 0.4) is 0 Å². The van der Waals surface area contributed by atoms with Gasteiger partial charge in [-0.15, -0.1) is 0 Å². The number of benzene rings is 1. The van der Waals surface area contributed by atoms with Crippen molar-refractivity contribution in [3.63, 3.8) is 0 Å². The number of aliphatic hydroxyl groups excluding tert-OH is 1. The highest BCUT2D eigenvalue weighted by Gasteiger charge is 2.41. The van der Waals surface area contributed by atoms with Gasteiger partial charge in [0.15, 0.2) is 0 Å². The van der Waals surface area contributed by atoms with Gasteiger partial charge in [0.2, 0.25) is 0 Å². The first-order valence-corrected chi connectivity index (χ1v) is 11.8. The molecule has 2 aliphatic heterocycles. The second kappa shape index (κ2) is 12.3. The Hall–Kier alpha value is -1.19. The van der Waals surface area contributed by atoms with Crippen molar-refractivity contribution >= 4 is 48.1 Å². The van der Waals surface area contributed by atoms with E-state index >= 15 is 0 Å². The summed E-state index contributed by atoms with van der Waals surface area (Å²) in [6, 6.07) is 6.82. The molecule has 3 atom stereocenters. The lowest BCUT2D eigenvalue weighted by atomic mass is 9.61. The van der Waals surface area contributed by atoms with Crippen LogP contribution in [0.1, 0.15) is 38.5 Å². The zero-order valence-electron chi connectivity index (χ0n) is 18.0. The Morgan fingerprint density at radius 1 is 1.31 bits per heavy atom. The standard InChI is InChI=1S/C16H14B2ClN2O5PS.C2H6.CH4O/c17-16(18,26-27-23-8-9-7-10(19)1-2-11(9)25-27)12-3-4-14(24-12)21-6-5-13(28)20-15(21)22;2*1-2/h1-2,5-7,12,14H,3-4,8H2,(H,20,22,28);1-2H3;2H,1H3. The van der Waals surface area contributed by atoms with Crippen LogP contribution in [0.15, 0.2) is 35.3 Å². The molecule has 1 aromatic heterocycles. The van der Waals surface area contributed by atoms with Gasteiger partial charge in [-0.05, 0) is 37.1 Å². The summed E-state index contributed by atoms with van der Waals surface area (Å²) in [5.41, 5.74) is 0.449. The molecule has 1 aromatic carbocycles. The molecule has 170 valence electrons. The number of fused-ring (bicyclic) bond motifs is 1. The molecule has 1 fully saturated rings. The lowest BCUT2D eigenvalue weighted by Gasteiger charge is -2.36. The summed E-state index contributed by atoms with van der Waals surface area (Å²) in [6.45, 7) is 4.27. The van der Waals surface area contributed by atoms with E-state index in [1.807, 2.05) is 13.8 Å². The molecule has 32 heavy (non-hydrogen) atoms. The molecule has 3 unspecified atom stereocenters. The molecule has 2 aliphatic rings. The van der Waals surface area contributed by atoms with Crippen molar-refractivity contribution in [2.75, 3.05) is 7.11 Å². The second-order valence-corrected chi connectivity index (χ2v) is 8.41. The molecule has 4 radical (unpaired) electrons. The summed E-state index contributed by atoms with van der Waals surface area (Å²) in [5, 5.41) is 5.93. The molecule has 0 aliphatic carbocycles. The summed E-state index contributed by atoms with van der Waals surface area (Å²) < 4.78 is 24.6. The van der Waals surface area contributed by atoms with Gasteiger partial charge in [0.1, 0.15) is 32.3 Å². The van der Waals surface area contributed by atoms with E-state index < -0.39 is 26.3 Å². The Balaban J connectivity index is 0.000000860. The number of nitrogens with zero attached hydrogens (tertiary/aromatic N) is 1. The SMILES string of the molecule is CC.CO.[B]C([B])(OP1OCc2cc(Cl)ccc2O1)C1CCC(n2ccc(=S)[nH]c2=O)O1. The maximum absolute atomic E-state index is 12.1. The molecule has 0 saturated carbocycles. The van der Waals surface area contributed by atoms with Gasteiger partial charge in [0.05, 0.1) is 12.7 Å². The van der Waals surface area contributed by atoms with Crippen LogP contribution in [-0.4, -0.2) is 49.0 Å². The minimum absolute atomic E-state index is 0.268. The lowest BCUT2D eigenvalue weighted by Crippen LogP contribution is -2.45. The predicted octanol–water partition coefficient (Wildman–Crippen LogP) is 3.72. The van der Waals surface area contributed by atoms with E-state index in [9.17, 15) is 4.79 Å². The molecule has 0 bridgehead atoms. The first kappa shape index (κ1) is 27.1. The van der Waals surface area contributed by atoms with E-state index in [0.29, 0.717) is 28.3 Å². The number of hydrogen-bond acceptors (Lipinski definition) is 7. The Labute approximate surface area is 201 Å². The quantitative estimate of drug-likeness (QED) is 0.379. The van der Waals surface area contributed by atoms with Crippen LogP contribution in [-0.2, 0) is 20.4 Å². The van der Waals surface area contributed by atoms with Crippen LogP contribution in [0.2, 0.25) is 5.02 Å². The second-order valence-electron chi connectivity index (χ2n) is 6.46. The third kappa shape index (κ3) is 6.67. The zero-order valence-corrected chi connectivity index (χ0v) is 20.5. The zero-order chi connectivity index (χ0) is 23.9. The number of ether oxygens (including phenoxy) is 1. The van der Waals surface area contributed by atoms with Gasteiger partial charge in [-0.2, -0.15) is 0 Å². The Morgan fingerprint density at radius 3 is 2.72 bits per heavy atom. The number of rotatable bonds is 4. The van der Waals surface area contributed by atoms with Gasteiger partial charge in [-0.3, -0.25) is 14.1 Å². The summed E-state index contributed by atoms with van der Waals surface area (Å²) >= 11 is 10.9. The van der Waals surface area contributed by atoms with Crippen LogP contribution >= 0.6 is 32.4 Å². The van der Waals surface area contributed by atoms with E-state index in [4.69, 9.17) is 62.9 Å². The van der Waals surface area contributed by atoms with Crippen molar-refractivity contribution in [1.29, 1.82) is 0 Å². The average Bonchev–Trinajstić information content (AvgIpc) is 3.27. The van der Waals surface area contributed by atoms with E-state index in [1.165, 1.54) is 4.57 Å². The first-order chi connectivity index (χ1) is 15.3. The largest absolute Gasteiger partial charge is 0.426 e. The fraction of sp³-hybridized carbons (Fsp3) is 0.474. The van der Waals surface area contributed by atoms with Crippen LogP contribution in [0, 0.1) is 4.64 Å². The minimum atomic E-state index is -1.81. The fourth-order valence-electron chi connectivity index (χ4n) is 3.02. The summed E-state index contributed by atoms with van der Waals surface area (Å²) in [6.07, 6.45) is 1.42. The van der Waals surface area contributed by atoms with Gasteiger partial charge in [0.25, 0.3) is 0 Å². The maximum Gasteiger partial charge on any atom is 0.396 e. The molecule has 1 saturated heterocycles. The van der Waals surface area contributed by atoms with E-state index in [0.717, 1.165) is 12.7 Å². The number of aromatic nitrogens is 2. The van der Waals surface area contributed by atoms with Gasteiger partial charge < -0.3 is 18.9 Å². The fourth-order valence-corrected chi connectivity index (χ4v) is 4.47. The topological polar surface area (TPSA) is 94.9 Å². The normalized spacial score (nSPS) is 21.8. The van der Waals surface area contributed by atoms with Gasteiger partial charge in [-0.25, -0.2) is 4.79 Å². The van der Waals surface area contributed by atoms with Gasteiger partial charge in [-0.1, -0.05) is 37.7 Å². The molecular weight excluding hydrogens is 472 g/mol. The van der Waals surface area contributed by atoms with Crippen molar-refractivity contribution in [3.8, 4) is 5.75 Å². The Morgan fingerprint density at radius 2 is 2.03 bits per heavy atom. The third-order valence-electron chi connectivity index (χ3n) is 4.42. The Kier molecular flexibility index (Phi) is 10.4. The molecule has 0 spiro atoms. The maximum atomic E-state index is 12.1. The van der Waals surface area contributed by atoms with Gasteiger partial charge in [0, 0.05) is 29.3 Å². The number of hydrogen-bond donors (Lipinski definition) is 2. The molecular formula is C19H24B2ClN2O6PS. The Bertz CT molecular complexity index is 1010. The number of H-pyrrole nitrogens is 1. The summed E-state index contributed by atoms with van der Waals surface area (Å²) in [7, 11) is 11.5. The molecule has 13 heteroatoms. The van der Waals surface area contributed by atoms with Crippen LogP contribution in [0.4, 0.5) is 0 Å². The first-order valence-electron chi connectivity index (χ1n) is 9.90. The van der Waals surface area contributed by atoms with Crippen LogP contribution < -0.4 is 10.2 Å². The highest BCUT2D eigenvalue weighted by atomic mass is 35.5. The van der Waals surface area contributed by atoms with E-state index in [2.05, 4.69) is 4.98 Å². The van der Waals surface area contributed by atoms with Crippen molar-refractivity contribution in [3.05, 3.63) is 56.2 Å². The van der Waals surface area contributed by atoms with E-state index in [-0.39, 0.29) is 12.3 Å². The lowest BCUT2D eigenvalue weighted by molar-refractivity contribution is -0.0468. The number of aromatic amines is 1. The predicted molar refractivity (Wildman–Crippen MR) is 128 cm³/mol. The monoisotopic (exact) mass is 496 g/mol. The molecule has 2 N–H and O–H groups in total. The van der Waals surface area contributed by atoms with Crippen molar-refractivity contribution in [2.45, 2.75) is 51.0 Å². The smallest absolute Gasteiger partial charge is 0.396 e. The highest BCUT2D eigenvalue weighted by molar-refractivity contribution is 7.71. The van der Waals surface area contributed by atoms with Crippen LogP contribution in [0.25, 0.3) is 0 Å². The molecule has 8 nitrogen and oxygen atoms in total. The van der Waals surface area contributed by atoms with Crippen LogP contribution in [0.5, 0.6) is 5.75 Å². The van der Waals surface area contributed by atoms with Crippen molar-refractivity contribution in [2.24, 2.45) is 0 Å². The number of halogens is 1. The summed E-state index contributed by atoms with van der Waals surface area (Å²) in [4.78, 5) is 14.6. The molecule has 0 amide bonds.